The molecule has 0 unspecified atom stereocenters. The number of nitrogens with one attached hydrogen (secondary N) is 1. The van der Waals surface area contributed by atoms with Gasteiger partial charge in [0.2, 0.25) is 0 Å². The molecule has 1 aromatic rings. The summed E-state index contributed by atoms with van der Waals surface area (Å²) in [5, 5.41) is 15.0. The molecule has 0 radical (unpaired) electrons. The van der Waals surface area contributed by atoms with Crippen LogP contribution in [0.5, 0.6) is 0 Å². The Morgan fingerprint density at radius 3 is 2.79 bits per heavy atom. The number of hydrogen-bond acceptors (Lipinski definition) is 4. The summed E-state index contributed by atoms with van der Waals surface area (Å²) in [6, 6.07) is 0. The average molecular weight is 195 g/mol. The van der Waals surface area contributed by atoms with Gasteiger partial charge in [-0.3, -0.25) is 0 Å². The van der Waals surface area contributed by atoms with Gasteiger partial charge in [0.05, 0.1) is 12.1 Å². The molecule has 2 rings (SSSR count). The molecule has 0 aliphatic heterocycles. The van der Waals surface area contributed by atoms with Crippen molar-refractivity contribution in [1.82, 2.24) is 25.5 Å². The van der Waals surface area contributed by atoms with Crippen molar-refractivity contribution in [2.24, 2.45) is 0 Å². The highest BCUT2D eigenvalue weighted by molar-refractivity contribution is 4.93. The SMILES string of the molecule is CNCc1nnnn1C1(C)CCCC1. The summed E-state index contributed by atoms with van der Waals surface area (Å²) in [6.45, 7) is 2.98. The highest BCUT2D eigenvalue weighted by atomic mass is 15.6. The first-order chi connectivity index (χ1) is 6.76. The molecule has 0 spiro atoms. The molecule has 1 fully saturated rings. The topological polar surface area (TPSA) is 55.6 Å². The van der Waals surface area contributed by atoms with Crippen molar-refractivity contribution in [3.05, 3.63) is 5.82 Å². The number of aromatic nitrogens is 4. The molecular weight excluding hydrogens is 178 g/mol. The van der Waals surface area contributed by atoms with Gasteiger partial charge < -0.3 is 5.32 Å². The Morgan fingerprint density at radius 1 is 1.43 bits per heavy atom. The largest absolute Gasteiger partial charge is 0.313 e. The van der Waals surface area contributed by atoms with Gasteiger partial charge in [-0.2, -0.15) is 0 Å². The molecule has 5 heteroatoms. The molecule has 1 saturated carbocycles. The third-order valence-electron chi connectivity index (χ3n) is 3.06. The van der Waals surface area contributed by atoms with Crippen LogP contribution in [-0.4, -0.2) is 27.3 Å². The zero-order valence-electron chi connectivity index (χ0n) is 8.82. The lowest BCUT2D eigenvalue weighted by Crippen LogP contribution is -2.30. The van der Waals surface area contributed by atoms with E-state index >= 15 is 0 Å². The highest BCUT2D eigenvalue weighted by Gasteiger charge is 2.33. The highest BCUT2D eigenvalue weighted by Crippen LogP contribution is 2.35. The molecule has 1 aromatic heterocycles. The molecule has 1 aliphatic carbocycles. The summed E-state index contributed by atoms with van der Waals surface area (Å²) < 4.78 is 2.00. The maximum atomic E-state index is 4.10. The van der Waals surface area contributed by atoms with E-state index in [0.717, 1.165) is 12.4 Å². The van der Waals surface area contributed by atoms with Gasteiger partial charge in [-0.25, -0.2) is 4.68 Å². The second kappa shape index (κ2) is 3.65. The van der Waals surface area contributed by atoms with Gasteiger partial charge in [-0.15, -0.1) is 5.10 Å². The lowest BCUT2D eigenvalue weighted by Gasteiger charge is -2.24. The van der Waals surface area contributed by atoms with E-state index < -0.39 is 0 Å². The van der Waals surface area contributed by atoms with Gasteiger partial charge in [0, 0.05) is 0 Å². The van der Waals surface area contributed by atoms with E-state index in [9.17, 15) is 0 Å². The second-order valence-electron chi connectivity index (χ2n) is 4.24. The van der Waals surface area contributed by atoms with E-state index in [1.165, 1.54) is 25.7 Å². The summed E-state index contributed by atoms with van der Waals surface area (Å²) >= 11 is 0. The minimum atomic E-state index is 0.148. The van der Waals surface area contributed by atoms with Crippen molar-refractivity contribution in [1.29, 1.82) is 0 Å². The molecule has 5 nitrogen and oxygen atoms in total. The fourth-order valence-corrected chi connectivity index (χ4v) is 2.24. The second-order valence-corrected chi connectivity index (χ2v) is 4.24. The van der Waals surface area contributed by atoms with Crippen LogP contribution in [0.15, 0.2) is 0 Å². The van der Waals surface area contributed by atoms with Gasteiger partial charge in [0.15, 0.2) is 5.82 Å². The van der Waals surface area contributed by atoms with Gasteiger partial charge in [-0.1, -0.05) is 12.8 Å². The summed E-state index contributed by atoms with van der Waals surface area (Å²) in [7, 11) is 1.91. The van der Waals surface area contributed by atoms with E-state index in [2.05, 4.69) is 27.8 Å². The molecule has 78 valence electrons. The molecule has 0 aromatic carbocycles. The molecule has 1 N–H and O–H groups in total. The van der Waals surface area contributed by atoms with Crippen molar-refractivity contribution in [2.75, 3.05) is 7.05 Å². The third kappa shape index (κ3) is 1.52. The maximum Gasteiger partial charge on any atom is 0.165 e. The lowest BCUT2D eigenvalue weighted by atomic mass is 10.0. The Bertz CT molecular complexity index is 300. The number of tetrazole rings is 1. The summed E-state index contributed by atoms with van der Waals surface area (Å²) in [6.07, 6.45) is 4.95. The van der Waals surface area contributed by atoms with Crippen LogP contribution in [0, 0.1) is 0 Å². The van der Waals surface area contributed by atoms with Crippen LogP contribution in [0.2, 0.25) is 0 Å². The minimum Gasteiger partial charge on any atom is -0.313 e. The van der Waals surface area contributed by atoms with Gasteiger partial charge in [0.25, 0.3) is 0 Å². The quantitative estimate of drug-likeness (QED) is 0.770. The van der Waals surface area contributed by atoms with Gasteiger partial charge in [-0.05, 0) is 37.2 Å². The van der Waals surface area contributed by atoms with E-state index in [1.54, 1.807) is 0 Å². The van der Waals surface area contributed by atoms with Crippen molar-refractivity contribution in [3.63, 3.8) is 0 Å². The van der Waals surface area contributed by atoms with Crippen molar-refractivity contribution in [2.45, 2.75) is 44.7 Å². The van der Waals surface area contributed by atoms with Crippen LogP contribution >= 0.6 is 0 Å². The van der Waals surface area contributed by atoms with Crippen LogP contribution in [0.25, 0.3) is 0 Å². The standard InChI is InChI=1S/C9H17N5/c1-9(5-3-4-6-9)14-8(7-10-2)11-12-13-14/h10H,3-7H2,1-2H3. The third-order valence-corrected chi connectivity index (χ3v) is 3.06. The van der Waals surface area contributed by atoms with E-state index in [4.69, 9.17) is 0 Å². The zero-order chi connectivity index (χ0) is 10.0. The van der Waals surface area contributed by atoms with Crippen LogP contribution in [-0.2, 0) is 12.1 Å². The average Bonchev–Trinajstić information content (AvgIpc) is 2.75. The van der Waals surface area contributed by atoms with Gasteiger partial charge >= 0.3 is 0 Å². The summed E-state index contributed by atoms with van der Waals surface area (Å²) in [5.41, 5.74) is 0.148. The normalized spacial score (nSPS) is 20.1. The number of hydrogen-bond donors (Lipinski definition) is 1. The Kier molecular flexibility index (Phi) is 2.50. The first-order valence-electron chi connectivity index (χ1n) is 5.19. The number of rotatable bonds is 3. The molecular formula is C9H17N5. The Balaban J connectivity index is 2.25. The van der Waals surface area contributed by atoms with Crippen LogP contribution in [0.1, 0.15) is 38.4 Å². The molecule has 0 atom stereocenters. The molecule has 0 saturated heterocycles. The molecule has 0 bridgehead atoms. The van der Waals surface area contributed by atoms with Crippen molar-refractivity contribution >= 4 is 0 Å². The monoisotopic (exact) mass is 195 g/mol. The Hall–Kier alpha value is -0.970. The van der Waals surface area contributed by atoms with E-state index in [0.29, 0.717) is 0 Å². The first kappa shape index (κ1) is 9.58. The first-order valence-corrected chi connectivity index (χ1v) is 5.19. The Labute approximate surface area is 83.9 Å². The predicted molar refractivity (Wildman–Crippen MR) is 52.7 cm³/mol. The van der Waals surface area contributed by atoms with Gasteiger partial charge in [0.1, 0.15) is 0 Å². The van der Waals surface area contributed by atoms with Crippen LogP contribution in [0.3, 0.4) is 0 Å². The Morgan fingerprint density at radius 2 is 2.14 bits per heavy atom. The molecule has 1 aliphatic rings. The van der Waals surface area contributed by atoms with Crippen LogP contribution < -0.4 is 5.32 Å². The summed E-state index contributed by atoms with van der Waals surface area (Å²) in [5.74, 6) is 0.942. The molecule has 0 amide bonds. The maximum absolute atomic E-state index is 4.10. The predicted octanol–water partition coefficient (Wildman–Crippen LogP) is 0.682. The van der Waals surface area contributed by atoms with Crippen molar-refractivity contribution in [3.8, 4) is 0 Å². The fourth-order valence-electron chi connectivity index (χ4n) is 2.24. The van der Waals surface area contributed by atoms with Crippen LogP contribution in [0.4, 0.5) is 0 Å². The summed E-state index contributed by atoms with van der Waals surface area (Å²) in [4.78, 5) is 0. The van der Waals surface area contributed by atoms with E-state index in [1.807, 2.05) is 11.7 Å². The number of nitrogens with zero attached hydrogens (tertiary/aromatic N) is 4. The smallest absolute Gasteiger partial charge is 0.165 e. The molecule has 1 heterocycles. The minimum absolute atomic E-state index is 0.148. The fraction of sp³-hybridized carbons (Fsp3) is 0.889. The van der Waals surface area contributed by atoms with Crippen molar-refractivity contribution < 1.29 is 0 Å². The van der Waals surface area contributed by atoms with E-state index in [-0.39, 0.29) is 5.54 Å². The molecule has 14 heavy (non-hydrogen) atoms. The lowest BCUT2D eigenvalue weighted by molar-refractivity contribution is 0.278. The zero-order valence-corrected chi connectivity index (χ0v) is 8.82.